The molecule has 0 saturated carbocycles. The number of hydrogen-bond donors (Lipinski definition) is 1. The second-order valence-corrected chi connectivity index (χ2v) is 4.18. The van der Waals surface area contributed by atoms with Crippen LogP contribution in [0.4, 0.5) is 13.2 Å². The van der Waals surface area contributed by atoms with E-state index in [1.807, 2.05) is 0 Å². The fourth-order valence-electron chi connectivity index (χ4n) is 1.53. The predicted octanol–water partition coefficient (Wildman–Crippen LogP) is 2.16. The molecule has 0 bridgehead atoms. The van der Waals surface area contributed by atoms with Gasteiger partial charge in [0.15, 0.2) is 17.7 Å². The second-order valence-electron chi connectivity index (χ2n) is 4.18. The van der Waals surface area contributed by atoms with Crippen molar-refractivity contribution in [2.24, 2.45) is 0 Å². The van der Waals surface area contributed by atoms with Crippen molar-refractivity contribution in [3.8, 4) is 0 Å². The number of ketones is 2. The molecule has 0 amide bonds. The summed E-state index contributed by atoms with van der Waals surface area (Å²) in [6.07, 6.45) is -6.25. The molecule has 6 heteroatoms. The van der Waals surface area contributed by atoms with E-state index in [2.05, 4.69) is 0 Å². The number of hydrogen-bond acceptors (Lipinski definition) is 3. The van der Waals surface area contributed by atoms with Gasteiger partial charge in [0, 0.05) is 6.42 Å². The molecule has 1 unspecified atom stereocenters. The maximum Gasteiger partial charge on any atom is 0.416 e. The van der Waals surface area contributed by atoms with Crippen molar-refractivity contribution in [2.75, 3.05) is 0 Å². The molecular weight excluding hydrogens is 261 g/mol. The zero-order chi connectivity index (χ0) is 14.6. The van der Waals surface area contributed by atoms with Crippen LogP contribution >= 0.6 is 0 Å². The molecule has 0 aliphatic heterocycles. The Morgan fingerprint density at radius 1 is 1.32 bits per heavy atom. The Labute approximate surface area is 108 Å². The summed E-state index contributed by atoms with van der Waals surface area (Å²) in [6.45, 7) is 1.08. The molecule has 1 N–H and O–H groups in total. The minimum Gasteiger partial charge on any atom is -0.378 e. The van der Waals surface area contributed by atoms with Crippen LogP contribution in [0.2, 0.25) is 0 Å². The zero-order valence-corrected chi connectivity index (χ0v) is 10.2. The maximum absolute atomic E-state index is 12.4. The monoisotopic (exact) mass is 274 g/mol. The first-order valence-corrected chi connectivity index (χ1v) is 5.59. The van der Waals surface area contributed by atoms with Crippen LogP contribution in [0.5, 0.6) is 0 Å². The van der Waals surface area contributed by atoms with E-state index < -0.39 is 29.4 Å². The fraction of sp³-hybridized carbons (Fsp3) is 0.385. The van der Waals surface area contributed by atoms with Gasteiger partial charge < -0.3 is 5.11 Å². The van der Waals surface area contributed by atoms with Crippen LogP contribution in [0.3, 0.4) is 0 Å². The van der Waals surface area contributed by atoms with Crippen LogP contribution < -0.4 is 0 Å². The number of rotatable bonds is 5. The van der Waals surface area contributed by atoms with Crippen molar-refractivity contribution in [1.82, 2.24) is 0 Å². The van der Waals surface area contributed by atoms with E-state index in [4.69, 9.17) is 0 Å². The summed E-state index contributed by atoms with van der Waals surface area (Å²) in [6, 6.07) is 4.61. The third-order valence-corrected chi connectivity index (χ3v) is 2.60. The smallest absolute Gasteiger partial charge is 0.378 e. The number of aliphatic hydroxyl groups excluding tert-OH is 1. The van der Waals surface area contributed by atoms with Gasteiger partial charge in [-0.1, -0.05) is 18.2 Å². The van der Waals surface area contributed by atoms with Gasteiger partial charge in [0.25, 0.3) is 0 Å². The van der Waals surface area contributed by atoms with Gasteiger partial charge in [0.1, 0.15) is 0 Å². The van der Waals surface area contributed by atoms with E-state index >= 15 is 0 Å². The lowest BCUT2D eigenvalue weighted by Crippen LogP contribution is -2.27. The van der Waals surface area contributed by atoms with E-state index in [0.29, 0.717) is 5.56 Å². The van der Waals surface area contributed by atoms with Gasteiger partial charge in [-0.05, 0) is 25.0 Å². The first-order chi connectivity index (χ1) is 8.71. The quantitative estimate of drug-likeness (QED) is 0.837. The minimum absolute atomic E-state index is 0.0487. The van der Waals surface area contributed by atoms with Crippen molar-refractivity contribution in [1.29, 1.82) is 0 Å². The molecule has 0 spiro atoms. The molecule has 0 aromatic heterocycles. The van der Waals surface area contributed by atoms with E-state index in [-0.39, 0.29) is 12.8 Å². The number of aryl methyl sites for hydroxylation is 1. The number of aliphatic hydroxyl groups is 1. The van der Waals surface area contributed by atoms with Gasteiger partial charge >= 0.3 is 6.18 Å². The van der Waals surface area contributed by atoms with Crippen molar-refractivity contribution < 1.29 is 27.9 Å². The van der Waals surface area contributed by atoms with Crippen LogP contribution in [0.1, 0.15) is 24.5 Å². The standard InChI is InChI=1S/C13H13F3O3/c1-8(17)12(19)11(18)6-5-9-3-2-4-10(7-9)13(14,15)16/h2-4,7,12,19H,5-6H2,1H3. The zero-order valence-electron chi connectivity index (χ0n) is 10.2. The van der Waals surface area contributed by atoms with Gasteiger partial charge in [0.05, 0.1) is 5.56 Å². The maximum atomic E-state index is 12.4. The summed E-state index contributed by atoms with van der Waals surface area (Å²) in [4.78, 5) is 22.1. The van der Waals surface area contributed by atoms with Crippen LogP contribution in [-0.2, 0) is 22.2 Å². The Balaban J connectivity index is 2.69. The third-order valence-electron chi connectivity index (χ3n) is 2.60. The van der Waals surface area contributed by atoms with Gasteiger partial charge in [0.2, 0.25) is 0 Å². The van der Waals surface area contributed by atoms with Crippen molar-refractivity contribution >= 4 is 11.6 Å². The molecule has 19 heavy (non-hydrogen) atoms. The molecule has 0 radical (unpaired) electrons. The van der Waals surface area contributed by atoms with Crippen molar-refractivity contribution in [3.05, 3.63) is 35.4 Å². The minimum atomic E-state index is -4.43. The van der Waals surface area contributed by atoms with Gasteiger partial charge in [-0.25, -0.2) is 0 Å². The number of halogens is 3. The number of carbonyl (C=O) groups excluding carboxylic acids is 2. The molecule has 0 heterocycles. The highest BCUT2D eigenvalue weighted by Crippen LogP contribution is 2.29. The Bertz CT molecular complexity index is 480. The highest BCUT2D eigenvalue weighted by Gasteiger charge is 2.30. The lowest BCUT2D eigenvalue weighted by Gasteiger charge is -2.09. The molecule has 0 aliphatic carbocycles. The van der Waals surface area contributed by atoms with Gasteiger partial charge in [-0.15, -0.1) is 0 Å². The summed E-state index contributed by atoms with van der Waals surface area (Å²) in [7, 11) is 0. The largest absolute Gasteiger partial charge is 0.416 e. The van der Waals surface area contributed by atoms with Crippen molar-refractivity contribution in [3.63, 3.8) is 0 Å². The lowest BCUT2D eigenvalue weighted by molar-refractivity contribution is -0.138. The average Bonchev–Trinajstić information content (AvgIpc) is 2.34. The molecular formula is C13H13F3O3. The lowest BCUT2D eigenvalue weighted by atomic mass is 10.0. The van der Waals surface area contributed by atoms with Crippen LogP contribution in [-0.4, -0.2) is 22.8 Å². The molecule has 0 saturated heterocycles. The van der Waals surface area contributed by atoms with Gasteiger partial charge in [-0.2, -0.15) is 13.2 Å². The highest BCUT2D eigenvalue weighted by molar-refractivity contribution is 6.03. The first-order valence-electron chi connectivity index (χ1n) is 5.59. The Kier molecular flexibility index (Phi) is 4.83. The summed E-state index contributed by atoms with van der Waals surface area (Å²) in [5, 5.41) is 9.18. The molecule has 1 atom stereocenters. The fourth-order valence-corrected chi connectivity index (χ4v) is 1.53. The molecule has 104 valence electrons. The molecule has 0 fully saturated rings. The topological polar surface area (TPSA) is 54.4 Å². The Morgan fingerprint density at radius 2 is 1.95 bits per heavy atom. The van der Waals surface area contributed by atoms with E-state index in [1.54, 1.807) is 0 Å². The molecule has 1 aromatic rings. The molecule has 0 aliphatic rings. The number of carbonyl (C=O) groups is 2. The predicted molar refractivity (Wildman–Crippen MR) is 61.5 cm³/mol. The summed E-state index contributed by atoms with van der Waals surface area (Å²) in [5.41, 5.74) is -0.455. The molecule has 3 nitrogen and oxygen atoms in total. The first kappa shape index (κ1) is 15.4. The van der Waals surface area contributed by atoms with Crippen LogP contribution in [0, 0.1) is 0 Å². The van der Waals surface area contributed by atoms with Crippen molar-refractivity contribution in [2.45, 2.75) is 32.0 Å². The highest BCUT2D eigenvalue weighted by atomic mass is 19.4. The van der Waals surface area contributed by atoms with E-state index in [0.717, 1.165) is 19.1 Å². The molecule has 1 rings (SSSR count). The average molecular weight is 274 g/mol. The summed E-state index contributed by atoms with van der Waals surface area (Å²) >= 11 is 0. The number of benzene rings is 1. The normalized spacial score (nSPS) is 13.1. The summed E-state index contributed by atoms with van der Waals surface area (Å²) < 4.78 is 37.3. The van der Waals surface area contributed by atoms with Crippen LogP contribution in [0.15, 0.2) is 24.3 Å². The number of alkyl halides is 3. The number of Topliss-reactive ketones (excluding diaryl/α,β-unsaturated/α-hetero) is 2. The second kappa shape index (κ2) is 5.97. The van der Waals surface area contributed by atoms with Crippen LogP contribution in [0.25, 0.3) is 0 Å². The Hall–Kier alpha value is -1.69. The Morgan fingerprint density at radius 3 is 2.47 bits per heavy atom. The van der Waals surface area contributed by atoms with E-state index in [1.165, 1.54) is 12.1 Å². The van der Waals surface area contributed by atoms with E-state index in [9.17, 15) is 27.9 Å². The SMILES string of the molecule is CC(=O)C(O)C(=O)CCc1cccc(C(F)(F)F)c1. The third kappa shape index (κ3) is 4.48. The molecule has 1 aromatic carbocycles. The van der Waals surface area contributed by atoms with Gasteiger partial charge in [-0.3, -0.25) is 9.59 Å². The summed E-state index contributed by atoms with van der Waals surface area (Å²) in [5.74, 6) is -1.36.